The third-order valence-electron chi connectivity index (χ3n) is 13.2. The fourth-order valence-corrected chi connectivity index (χ4v) is 27.8. The molecule has 12 nitrogen and oxygen atoms in total. The van der Waals surface area contributed by atoms with E-state index in [1.165, 1.54) is 56.7 Å². The first-order valence-electron chi connectivity index (χ1n) is 28.5. The first kappa shape index (κ1) is 68.9. The van der Waals surface area contributed by atoms with Gasteiger partial charge >= 0.3 is 152 Å². The monoisotopic (exact) mass is 1590 g/mol. The van der Waals surface area contributed by atoms with Crippen LogP contribution in [-0.2, 0) is 28.4 Å². The number of carbonyl (C=O) groups excluding carboxylic acids is 6. The Bertz CT molecular complexity index is 3860. The molecule has 0 saturated heterocycles. The van der Waals surface area contributed by atoms with Crippen LogP contribution in [0.2, 0.25) is 29.6 Å². The molecule has 0 unspecified atom stereocenters. The van der Waals surface area contributed by atoms with Gasteiger partial charge in [-0.3, -0.25) is 0 Å². The Morgan fingerprint density at radius 1 is 0.341 bits per heavy atom. The van der Waals surface area contributed by atoms with E-state index in [1.54, 1.807) is 93.1 Å². The number of rotatable bonds is 19. The summed E-state index contributed by atoms with van der Waals surface area (Å²) in [6.45, 7) is 11.9. The van der Waals surface area contributed by atoms with Gasteiger partial charge in [-0.05, 0) is 140 Å². The zero-order chi connectivity index (χ0) is 63.6. The topological polar surface area (TPSA) is 158 Å². The van der Waals surface area contributed by atoms with Gasteiger partial charge in [0.2, 0.25) is 0 Å². The van der Waals surface area contributed by atoms with Gasteiger partial charge in [0.25, 0.3) is 0 Å². The van der Waals surface area contributed by atoms with E-state index in [0.717, 1.165) is 33.8 Å². The van der Waals surface area contributed by atoms with Crippen LogP contribution in [0.1, 0.15) is 104 Å². The predicted molar refractivity (Wildman–Crippen MR) is 376 cm³/mol. The number of benzene rings is 3. The molecular weight excluding hydrogens is 1530 g/mol. The molecule has 0 spiro atoms. The molecular formula is C66H67BrO12S7Sn2. The minimum atomic E-state index is -1.82. The molecule has 0 bridgehead atoms. The van der Waals surface area contributed by atoms with Crippen molar-refractivity contribution in [1.82, 2.24) is 0 Å². The van der Waals surface area contributed by atoms with Crippen molar-refractivity contribution in [3.05, 3.63) is 151 Å². The van der Waals surface area contributed by atoms with Crippen LogP contribution >= 0.6 is 95.3 Å². The van der Waals surface area contributed by atoms with Gasteiger partial charge in [0.15, 0.2) is 0 Å². The van der Waals surface area contributed by atoms with Gasteiger partial charge in [-0.2, -0.15) is 0 Å². The number of halogens is 1. The number of hydrogen-bond donors (Lipinski definition) is 0. The first-order chi connectivity index (χ1) is 42.0. The number of hydrogen-bond acceptors (Lipinski definition) is 19. The van der Waals surface area contributed by atoms with Crippen molar-refractivity contribution in [3.8, 4) is 52.2 Å². The van der Waals surface area contributed by atoms with E-state index in [1.807, 2.05) is 64.7 Å². The van der Waals surface area contributed by atoms with E-state index >= 15 is 0 Å². The Morgan fingerprint density at radius 2 is 0.591 bits per heavy atom. The average molecular weight is 1590 g/mol. The molecule has 460 valence electrons. The first-order valence-corrected chi connectivity index (χ1v) is 55.1. The van der Waals surface area contributed by atoms with Crippen LogP contribution in [0.3, 0.4) is 0 Å². The van der Waals surface area contributed by atoms with E-state index < -0.39 is 72.6 Å². The molecule has 0 saturated carbocycles. The van der Waals surface area contributed by atoms with Gasteiger partial charge < -0.3 is 28.4 Å². The zero-order valence-electron chi connectivity index (χ0n) is 50.8. The fraction of sp³-hybridized carbons (Fsp3) is 0.273. The second-order valence-electron chi connectivity index (χ2n) is 21.4. The van der Waals surface area contributed by atoms with Crippen molar-refractivity contribution < 1.29 is 57.2 Å². The molecule has 0 amide bonds. The van der Waals surface area contributed by atoms with Crippen LogP contribution in [0.25, 0.3) is 71.0 Å². The maximum atomic E-state index is 13.4. The van der Waals surface area contributed by atoms with Gasteiger partial charge in [0.05, 0.1) is 73.0 Å². The minimum absolute atomic E-state index is 0.191. The molecule has 7 heterocycles. The van der Waals surface area contributed by atoms with Crippen molar-refractivity contribution in [2.75, 3.05) is 39.6 Å². The van der Waals surface area contributed by atoms with Crippen molar-refractivity contribution in [1.29, 1.82) is 0 Å². The zero-order valence-corrected chi connectivity index (χ0v) is 63.9. The van der Waals surface area contributed by atoms with Crippen LogP contribution < -0.4 is 5.79 Å². The van der Waals surface area contributed by atoms with Crippen molar-refractivity contribution in [2.45, 2.75) is 71.2 Å². The quantitative estimate of drug-likeness (QED) is 0.0429. The van der Waals surface area contributed by atoms with Gasteiger partial charge in [0, 0.05) is 66.1 Å². The van der Waals surface area contributed by atoms with Crippen molar-refractivity contribution >= 4 is 192 Å². The van der Waals surface area contributed by atoms with Crippen LogP contribution in [-0.4, -0.2) is 112 Å². The third kappa shape index (κ3) is 16.4. The molecule has 0 aliphatic carbocycles. The van der Waals surface area contributed by atoms with Crippen LogP contribution in [0, 0.1) is 0 Å². The summed E-state index contributed by atoms with van der Waals surface area (Å²) >= 11 is 11.1. The molecule has 88 heavy (non-hydrogen) atoms. The standard InChI is InChI=1S/C38H32O8S4.C16H15BrO4S.C6H2S2.6CH3.2Sn/c1-5-43-35(39)25-17-23(27(37(41)45-7-3)15-21(25)29-11-9-13-47-29)31-19-33-34(49-31)20-32(50-33)24-18-26(36(40)44-6-2)22(30-12-10-14-48-30)16-28(24)38(42)46-8-4;1-3-20-15(18)11-9-13(17)12(16(19)21-4-2)8-10(11)14-6-5-7-22-14;1-3-7-6-2-4-8-5(1)6;;;;;;;;/h9-20H,5-8H2,1-4H3;5-9H,3-4H2,1-2H3;1-2H;6*1H3;;. The molecule has 0 fully saturated rings. The van der Waals surface area contributed by atoms with Crippen LogP contribution in [0.15, 0.2) is 118 Å². The molecule has 0 aliphatic rings. The van der Waals surface area contributed by atoms with Gasteiger partial charge in [-0.15, -0.1) is 56.7 Å². The summed E-state index contributed by atoms with van der Waals surface area (Å²) in [5, 5.41) is 5.73. The summed E-state index contributed by atoms with van der Waals surface area (Å²) in [5.74, 6) is -2.80. The normalized spacial score (nSPS) is 11.3. The van der Waals surface area contributed by atoms with E-state index in [2.05, 4.69) is 80.4 Å². The molecule has 10 aromatic rings. The number of esters is 6. The summed E-state index contributed by atoms with van der Waals surface area (Å²) in [6.07, 6.45) is 0. The Kier molecular flexibility index (Phi) is 24.2. The number of fused-ring (bicyclic) bond motifs is 2. The second-order valence-corrected chi connectivity index (χ2v) is 60.3. The molecule has 22 heteroatoms. The molecule has 0 atom stereocenters. The van der Waals surface area contributed by atoms with Crippen LogP contribution in [0.5, 0.6) is 0 Å². The molecule has 0 N–H and O–H groups in total. The van der Waals surface area contributed by atoms with Gasteiger partial charge in [0.1, 0.15) is 0 Å². The maximum absolute atomic E-state index is 13.4. The Balaban J connectivity index is 0.000000214. The van der Waals surface area contributed by atoms with Crippen molar-refractivity contribution in [2.24, 2.45) is 0 Å². The Morgan fingerprint density at radius 3 is 0.852 bits per heavy atom. The number of carbonyl (C=O) groups is 6. The van der Waals surface area contributed by atoms with E-state index in [4.69, 9.17) is 28.4 Å². The molecule has 0 radical (unpaired) electrons. The summed E-state index contributed by atoms with van der Waals surface area (Å²) in [5.41, 5.74) is 5.16. The third-order valence-corrected chi connectivity index (χ3v) is 40.1. The summed E-state index contributed by atoms with van der Waals surface area (Å²) < 4.78 is 40.8. The summed E-state index contributed by atoms with van der Waals surface area (Å²) in [7, 11) is 0. The summed E-state index contributed by atoms with van der Waals surface area (Å²) in [4.78, 5) is 96.5. The van der Waals surface area contributed by atoms with Gasteiger partial charge in [-0.1, -0.05) is 18.2 Å². The number of thiophene rings is 7. The SMILES string of the molecule is CCOC(=O)c1cc(-c2cc3sc(-c4cc(C(=O)OCC)c(-c5cccs5)cc4C(=O)OCC)cc3s2)c(C(=O)OCC)cc1-c1cccs1.CCOC(=O)c1cc(-c2cccs2)c(C(=O)OCC)cc1Br.[CH3][Sn]([CH3])([CH3])[c]1cc2s[c]([Sn]([CH3])([CH3])[CH3])cc2s1. The summed E-state index contributed by atoms with van der Waals surface area (Å²) in [6, 6.07) is 30.4. The Labute approximate surface area is 557 Å². The van der Waals surface area contributed by atoms with Crippen LogP contribution in [0.4, 0.5) is 0 Å². The molecule has 0 aliphatic heterocycles. The van der Waals surface area contributed by atoms with Crippen molar-refractivity contribution in [3.63, 3.8) is 0 Å². The van der Waals surface area contributed by atoms with Gasteiger partial charge in [-0.25, -0.2) is 28.8 Å². The average Bonchev–Trinajstić information content (AvgIpc) is 2.21. The molecule has 3 aromatic carbocycles. The Hall–Kier alpha value is -5.02. The second kappa shape index (κ2) is 30.9. The molecule has 7 aromatic heterocycles. The fourth-order valence-electron chi connectivity index (χ4n) is 9.02. The van der Waals surface area contributed by atoms with E-state index in [-0.39, 0.29) is 26.4 Å². The van der Waals surface area contributed by atoms with E-state index in [0.29, 0.717) is 78.9 Å². The predicted octanol–water partition coefficient (Wildman–Crippen LogP) is 19.0. The molecule has 10 rings (SSSR count). The van der Waals surface area contributed by atoms with E-state index in [9.17, 15) is 28.8 Å². The number of ether oxygens (including phenoxy) is 6.